The summed E-state index contributed by atoms with van der Waals surface area (Å²) in [4.78, 5) is 29.5. The molecule has 3 aromatic rings. The molecule has 0 radical (unpaired) electrons. The van der Waals surface area contributed by atoms with Crippen LogP contribution in [0.1, 0.15) is 66.6 Å². The van der Waals surface area contributed by atoms with Gasteiger partial charge in [-0.2, -0.15) is 5.26 Å². The summed E-state index contributed by atoms with van der Waals surface area (Å²) in [7, 11) is 0. The quantitative estimate of drug-likeness (QED) is 0.513. The molecule has 1 N–H and O–H groups in total. The summed E-state index contributed by atoms with van der Waals surface area (Å²) in [6.45, 7) is 2.15. The van der Waals surface area contributed by atoms with Crippen molar-refractivity contribution >= 4 is 29.1 Å². The fourth-order valence-electron chi connectivity index (χ4n) is 6.54. The number of rotatable bonds is 3. The normalized spacial score (nSPS) is 21.6. The van der Waals surface area contributed by atoms with Gasteiger partial charge in [0.1, 0.15) is 11.8 Å². The summed E-state index contributed by atoms with van der Waals surface area (Å²) in [6, 6.07) is 12.2. The average molecular weight is 523 g/mol. The standard InChI is InChI=1S/C27H24Cl2N4O3/c1-15-20(9-4-16(13-30)22(15)29)33-24(34)23-21-12-19(32(23)26(33)36)14-31(21)25(35)27(10-2-3-11-27)17-5-7-18(28)8-6-17/h4-9,19,21,34H,2-3,10-12,14H2,1H3. The fourth-order valence-corrected chi connectivity index (χ4v) is 6.87. The third-order valence-corrected chi connectivity index (χ3v) is 9.04. The van der Waals surface area contributed by atoms with Crippen molar-refractivity contribution in [2.75, 3.05) is 6.54 Å². The number of fused-ring (bicyclic) bond motifs is 5. The molecule has 2 aromatic carbocycles. The minimum Gasteiger partial charge on any atom is -0.493 e. The molecule has 36 heavy (non-hydrogen) atoms. The smallest absolute Gasteiger partial charge is 0.336 e. The van der Waals surface area contributed by atoms with Gasteiger partial charge < -0.3 is 10.0 Å². The number of nitrogens with zero attached hydrogens (tertiary/aromatic N) is 4. The number of likely N-dealkylation sites (tertiary alicyclic amines) is 1. The van der Waals surface area contributed by atoms with Gasteiger partial charge in [0, 0.05) is 11.6 Å². The number of amides is 1. The molecule has 1 saturated carbocycles. The van der Waals surface area contributed by atoms with Crippen molar-refractivity contribution in [2.24, 2.45) is 0 Å². The highest BCUT2D eigenvalue weighted by Crippen LogP contribution is 2.52. The van der Waals surface area contributed by atoms with Crippen LogP contribution in [0.15, 0.2) is 41.2 Å². The largest absolute Gasteiger partial charge is 0.493 e. The maximum Gasteiger partial charge on any atom is 0.336 e. The lowest BCUT2D eigenvalue weighted by atomic mass is 9.77. The van der Waals surface area contributed by atoms with E-state index in [1.54, 1.807) is 23.6 Å². The number of aromatic nitrogens is 2. The number of carbonyl (C=O) groups is 1. The van der Waals surface area contributed by atoms with Crippen molar-refractivity contribution in [3.8, 4) is 17.6 Å². The second kappa shape index (κ2) is 8.16. The minimum atomic E-state index is -0.615. The van der Waals surface area contributed by atoms with Crippen LogP contribution in [-0.2, 0) is 10.2 Å². The summed E-state index contributed by atoms with van der Waals surface area (Å²) in [5.41, 5.74) is 1.72. The van der Waals surface area contributed by atoms with Crippen LogP contribution in [0, 0.1) is 18.3 Å². The molecule has 7 nitrogen and oxygen atoms in total. The Morgan fingerprint density at radius 3 is 2.50 bits per heavy atom. The minimum absolute atomic E-state index is 0.0540. The van der Waals surface area contributed by atoms with Crippen molar-refractivity contribution in [1.82, 2.24) is 14.0 Å². The Hall–Kier alpha value is -3.21. The van der Waals surface area contributed by atoms with E-state index < -0.39 is 5.41 Å². The number of imidazole rings is 1. The van der Waals surface area contributed by atoms with Gasteiger partial charge in [-0.1, -0.05) is 48.2 Å². The molecule has 2 unspecified atom stereocenters. The summed E-state index contributed by atoms with van der Waals surface area (Å²) in [5, 5.41) is 21.5. The van der Waals surface area contributed by atoms with Gasteiger partial charge in [-0.05, 0) is 61.6 Å². The zero-order chi connectivity index (χ0) is 25.4. The highest BCUT2D eigenvalue weighted by atomic mass is 35.5. The zero-order valence-electron chi connectivity index (χ0n) is 19.7. The molecule has 2 fully saturated rings. The van der Waals surface area contributed by atoms with Gasteiger partial charge in [0.05, 0.1) is 33.8 Å². The first-order chi connectivity index (χ1) is 17.3. The number of halogens is 2. The fraction of sp³-hybridized carbons (Fsp3) is 0.370. The Morgan fingerprint density at radius 2 is 1.83 bits per heavy atom. The Bertz CT molecular complexity index is 1510. The van der Waals surface area contributed by atoms with Crippen molar-refractivity contribution < 1.29 is 9.90 Å². The Labute approximate surface area is 218 Å². The molecule has 1 amide bonds. The molecular formula is C27H24Cl2N4O3. The zero-order valence-corrected chi connectivity index (χ0v) is 21.2. The summed E-state index contributed by atoms with van der Waals surface area (Å²) >= 11 is 12.5. The first kappa shape index (κ1) is 23.2. The van der Waals surface area contributed by atoms with Crippen LogP contribution in [0.3, 0.4) is 0 Å². The number of hydrogen-bond donors (Lipinski definition) is 1. The van der Waals surface area contributed by atoms with Crippen molar-refractivity contribution in [1.29, 1.82) is 5.26 Å². The molecule has 6 rings (SSSR count). The first-order valence-corrected chi connectivity index (χ1v) is 12.9. The topological polar surface area (TPSA) is 91.3 Å². The average Bonchev–Trinajstić information content (AvgIpc) is 3.65. The molecule has 2 atom stereocenters. The maximum absolute atomic E-state index is 14.2. The van der Waals surface area contributed by atoms with Gasteiger partial charge in [0.2, 0.25) is 11.8 Å². The number of nitriles is 1. The Morgan fingerprint density at radius 1 is 1.14 bits per heavy atom. The summed E-state index contributed by atoms with van der Waals surface area (Å²) < 4.78 is 2.87. The number of carbonyl (C=O) groups excluding carboxylic acids is 1. The Balaban J connectivity index is 1.42. The highest BCUT2D eigenvalue weighted by molar-refractivity contribution is 6.32. The number of hydrogen-bond acceptors (Lipinski definition) is 4. The Kier molecular flexibility index (Phi) is 5.26. The summed E-state index contributed by atoms with van der Waals surface area (Å²) in [5.74, 6) is -0.126. The van der Waals surface area contributed by atoms with Gasteiger partial charge in [0.25, 0.3) is 0 Å². The van der Waals surface area contributed by atoms with Gasteiger partial charge in [-0.25, -0.2) is 9.36 Å². The lowest BCUT2D eigenvalue weighted by molar-refractivity contribution is -0.139. The monoisotopic (exact) mass is 522 g/mol. The van der Waals surface area contributed by atoms with E-state index >= 15 is 0 Å². The van der Waals surface area contributed by atoms with E-state index in [2.05, 4.69) is 0 Å². The summed E-state index contributed by atoms with van der Waals surface area (Å²) in [6.07, 6.45) is 4.09. The van der Waals surface area contributed by atoms with Crippen LogP contribution < -0.4 is 5.69 Å². The third kappa shape index (κ3) is 3.04. The molecular weight excluding hydrogens is 499 g/mol. The van der Waals surface area contributed by atoms with E-state index in [9.17, 15) is 20.0 Å². The predicted octanol–water partition coefficient (Wildman–Crippen LogP) is 5.17. The first-order valence-electron chi connectivity index (χ1n) is 12.1. The predicted molar refractivity (Wildman–Crippen MR) is 136 cm³/mol. The van der Waals surface area contributed by atoms with E-state index in [-0.39, 0.29) is 34.6 Å². The molecule has 1 aromatic heterocycles. The van der Waals surface area contributed by atoms with E-state index in [1.165, 1.54) is 4.57 Å². The molecule has 3 aliphatic rings. The number of benzene rings is 2. The van der Waals surface area contributed by atoms with Crippen LogP contribution in [-0.4, -0.2) is 31.6 Å². The second-order valence-corrected chi connectivity index (χ2v) is 10.9. The molecule has 0 spiro atoms. The maximum atomic E-state index is 14.2. The van der Waals surface area contributed by atoms with E-state index in [0.29, 0.717) is 40.5 Å². The van der Waals surface area contributed by atoms with Crippen molar-refractivity contribution in [3.63, 3.8) is 0 Å². The molecule has 9 heteroatoms. The van der Waals surface area contributed by atoms with Crippen molar-refractivity contribution in [2.45, 2.75) is 56.5 Å². The van der Waals surface area contributed by atoms with Gasteiger partial charge in [-0.15, -0.1) is 0 Å². The van der Waals surface area contributed by atoms with Crippen LogP contribution in [0.2, 0.25) is 10.0 Å². The third-order valence-electron chi connectivity index (χ3n) is 8.30. The molecule has 3 heterocycles. The molecule has 2 bridgehead atoms. The lowest BCUT2D eigenvalue weighted by Gasteiger charge is -2.37. The molecule has 2 aliphatic heterocycles. The van der Waals surface area contributed by atoms with Gasteiger partial charge >= 0.3 is 5.69 Å². The van der Waals surface area contributed by atoms with E-state index in [0.717, 1.165) is 31.2 Å². The van der Waals surface area contributed by atoms with Crippen LogP contribution in [0.4, 0.5) is 0 Å². The highest BCUT2D eigenvalue weighted by Gasteiger charge is 2.54. The van der Waals surface area contributed by atoms with E-state index in [1.807, 2.05) is 35.2 Å². The van der Waals surface area contributed by atoms with E-state index in [4.69, 9.17) is 23.2 Å². The van der Waals surface area contributed by atoms with Crippen LogP contribution in [0.5, 0.6) is 5.88 Å². The molecule has 1 aliphatic carbocycles. The lowest BCUT2D eigenvalue weighted by Crippen LogP contribution is -2.47. The molecule has 1 saturated heterocycles. The second-order valence-electron chi connectivity index (χ2n) is 10.0. The van der Waals surface area contributed by atoms with Crippen molar-refractivity contribution in [3.05, 3.63) is 79.3 Å². The number of aromatic hydroxyl groups is 1. The van der Waals surface area contributed by atoms with Crippen LogP contribution in [0.25, 0.3) is 5.69 Å². The van der Waals surface area contributed by atoms with Gasteiger partial charge in [0.15, 0.2) is 0 Å². The molecule has 184 valence electrons. The van der Waals surface area contributed by atoms with Gasteiger partial charge in [-0.3, -0.25) is 9.36 Å². The SMILES string of the molecule is Cc1c(-n2c(O)c3n(c2=O)C2CC3N(C(=O)C3(c4ccc(Cl)cc4)CCCC3)C2)ccc(C#N)c1Cl. The van der Waals surface area contributed by atoms with Crippen LogP contribution >= 0.6 is 23.2 Å².